The SMILES string of the molecule is COc1ccc(C=C(NC(=O)c2ccccc2)C(=O)Nc2cccc(C(C)=O)c2)cc1. The molecule has 0 spiro atoms. The van der Waals surface area contributed by atoms with Crippen LogP contribution < -0.4 is 15.4 Å². The topological polar surface area (TPSA) is 84.5 Å². The average Bonchev–Trinajstić information content (AvgIpc) is 2.79. The first-order valence-corrected chi connectivity index (χ1v) is 9.61. The minimum atomic E-state index is -0.513. The quantitative estimate of drug-likeness (QED) is 0.446. The minimum absolute atomic E-state index is 0.0623. The highest BCUT2D eigenvalue weighted by atomic mass is 16.5. The molecule has 0 aliphatic carbocycles. The number of nitrogens with one attached hydrogen (secondary N) is 2. The number of ether oxygens (including phenoxy) is 1. The summed E-state index contributed by atoms with van der Waals surface area (Å²) in [6, 6.07) is 22.3. The zero-order valence-corrected chi connectivity index (χ0v) is 17.2. The van der Waals surface area contributed by atoms with Crippen molar-refractivity contribution in [3.8, 4) is 5.75 Å². The summed E-state index contributed by atoms with van der Waals surface area (Å²) in [5.74, 6) is -0.353. The van der Waals surface area contributed by atoms with Crippen LogP contribution in [0.25, 0.3) is 6.08 Å². The molecule has 0 saturated heterocycles. The van der Waals surface area contributed by atoms with E-state index in [4.69, 9.17) is 4.74 Å². The van der Waals surface area contributed by atoms with Gasteiger partial charge in [0.15, 0.2) is 5.78 Å². The van der Waals surface area contributed by atoms with Crippen LogP contribution in [0.1, 0.15) is 33.2 Å². The summed E-state index contributed by atoms with van der Waals surface area (Å²) in [5.41, 5.74) is 2.12. The Labute approximate surface area is 180 Å². The summed E-state index contributed by atoms with van der Waals surface area (Å²) < 4.78 is 5.16. The van der Waals surface area contributed by atoms with Gasteiger partial charge in [0.2, 0.25) is 0 Å². The van der Waals surface area contributed by atoms with Gasteiger partial charge in [0.25, 0.3) is 11.8 Å². The lowest BCUT2D eigenvalue weighted by Crippen LogP contribution is -2.30. The van der Waals surface area contributed by atoms with Gasteiger partial charge >= 0.3 is 0 Å². The van der Waals surface area contributed by atoms with Crippen molar-refractivity contribution in [2.75, 3.05) is 12.4 Å². The molecule has 0 unspecified atom stereocenters. The zero-order valence-electron chi connectivity index (χ0n) is 17.2. The summed E-state index contributed by atoms with van der Waals surface area (Å²) in [6.07, 6.45) is 1.57. The molecular weight excluding hydrogens is 392 g/mol. The Hall–Kier alpha value is -4.19. The zero-order chi connectivity index (χ0) is 22.2. The number of anilines is 1. The predicted octanol–water partition coefficient (Wildman–Crippen LogP) is 4.31. The molecule has 6 nitrogen and oxygen atoms in total. The second-order valence-electron chi connectivity index (χ2n) is 6.74. The third kappa shape index (κ3) is 5.90. The first kappa shape index (κ1) is 21.5. The molecule has 0 aromatic heterocycles. The fourth-order valence-electron chi connectivity index (χ4n) is 2.82. The number of methoxy groups -OCH3 is 1. The van der Waals surface area contributed by atoms with Gasteiger partial charge < -0.3 is 15.4 Å². The highest BCUT2D eigenvalue weighted by Gasteiger charge is 2.15. The molecular formula is C25H22N2O4. The first-order valence-electron chi connectivity index (χ1n) is 9.61. The van der Waals surface area contributed by atoms with Gasteiger partial charge in [0, 0.05) is 16.8 Å². The van der Waals surface area contributed by atoms with Crippen molar-refractivity contribution in [2.24, 2.45) is 0 Å². The monoisotopic (exact) mass is 414 g/mol. The Kier molecular flexibility index (Phi) is 6.96. The van der Waals surface area contributed by atoms with E-state index in [2.05, 4.69) is 10.6 Å². The third-order valence-electron chi connectivity index (χ3n) is 4.48. The number of Topliss-reactive ketones (excluding diaryl/α,β-unsaturated/α-hetero) is 1. The molecule has 31 heavy (non-hydrogen) atoms. The maximum absolute atomic E-state index is 13.0. The lowest BCUT2D eigenvalue weighted by molar-refractivity contribution is -0.113. The van der Waals surface area contributed by atoms with Crippen LogP contribution in [0.3, 0.4) is 0 Å². The third-order valence-corrected chi connectivity index (χ3v) is 4.48. The molecule has 2 amide bonds. The lowest BCUT2D eigenvalue weighted by atomic mass is 10.1. The highest BCUT2D eigenvalue weighted by Crippen LogP contribution is 2.16. The Morgan fingerprint density at radius 2 is 1.52 bits per heavy atom. The number of amides is 2. The molecule has 0 aliphatic rings. The van der Waals surface area contributed by atoms with Gasteiger partial charge in [-0.25, -0.2) is 0 Å². The number of benzene rings is 3. The fourth-order valence-corrected chi connectivity index (χ4v) is 2.82. The minimum Gasteiger partial charge on any atom is -0.497 e. The standard InChI is InChI=1S/C25H22N2O4/c1-17(28)20-9-6-10-21(16-20)26-25(30)23(15-18-11-13-22(31-2)14-12-18)27-24(29)19-7-4-3-5-8-19/h3-16H,1-2H3,(H,26,30)(H,27,29). The fraction of sp³-hybridized carbons (Fsp3) is 0.0800. The highest BCUT2D eigenvalue weighted by molar-refractivity contribution is 6.11. The molecule has 0 saturated carbocycles. The van der Waals surface area contributed by atoms with Crippen molar-refractivity contribution in [3.05, 3.63) is 101 Å². The van der Waals surface area contributed by atoms with Crippen LogP contribution in [0.5, 0.6) is 5.75 Å². The van der Waals surface area contributed by atoms with Crippen molar-refractivity contribution >= 4 is 29.4 Å². The van der Waals surface area contributed by atoms with Crippen LogP contribution >= 0.6 is 0 Å². The molecule has 3 aromatic rings. The summed E-state index contributed by atoms with van der Waals surface area (Å²) >= 11 is 0. The van der Waals surface area contributed by atoms with Gasteiger partial charge in [-0.05, 0) is 55.0 Å². The largest absolute Gasteiger partial charge is 0.497 e. The van der Waals surface area contributed by atoms with E-state index in [0.717, 1.165) is 0 Å². The summed E-state index contributed by atoms with van der Waals surface area (Å²) in [5, 5.41) is 5.42. The van der Waals surface area contributed by atoms with Crippen molar-refractivity contribution in [1.82, 2.24) is 5.32 Å². The van der Waals surface area contributed by atoms with Gasteiger partial charge in [-0.15, -0.1) is 0 Å². The number of carbonyl (C=O) groups is 3. The number of ketones is 1. The molecule has 0 bridgehead atoms. The molecule has 6 heteroatoms. The van der Waals surface area contributed by atoms with Gasteiger partial charge in [0.1, 0.15) is 11.4 Å². The maximum atomic E-state index is 13.0. The molecule has 156 valence electrons. The Morgan fingerprint density at radius 3 is 2.16 bits per heavy atom. The van der Waals surface area contributed by atoms with Crippen molar-refractivity contribution in [3.63, 3.8) is 0 Å². The molecule has 3 rings (SSSR count). The summed E-state index contributed by atoms with van der Waals surface area (Å²) in [6.45, 7) is 1.45. The normalized spacial score (nSPS) is 10.8. The number of carbonyl (C=O) groups excluding carboxylic acids is 3. The van der Waals surface area contributed by atoms with E-state index in [-0.39, 0.29) is 11.5 Å². The number of hydrogen-bond acceptors (Lipinski definition) is 4. The molecule has 0 radical (unpaired) electrons. The van der Waals surface area contributed by atoms with Crippen LogP contribution in [0.2, 0.25) is 0 Å². The van der Waals surface area contributed by atoms with Crippen LogP contribution in [0, 0.1) is 0 Å². The van der Waals surface area contributed by atoms with Crippen molar-refractivity contribution in [2.45, 2.75) is 6.92 Å². The van der Waals surface area contributed by atoms with E-state index in [9.17, 15) is 14.4 Å². The Bertz CT molecular complexity index is 1120. The van der Waals surface area contributed by atoms with E-state index in [1.54, 1.807) is 92.0 Å². The van der Waals surface area contributed by atoms with E-state index < -0.39 is 11.8 Å². The second kappa shape index (κ2) is 10.0. The van der Waals surface area contributed by atoms with E-state index >= 15 is 0 Å². The molecule has 0 fully saturated rings. The van der Waals surface area contributed by atoms with E-state index in [0.29, 0.717) is 28.1 Å². The molecule has 0 aliphatic heterocycles. The van der Waals surface area contributed by atoms with Crippen molar-refractivity contribution in [1.29, 1.82) is 0 Å². The summed E-state index contributed by atoms with van der Waals surface area (Å²) in [4.78, 5) is 37.3. The molecule has 3 aromatic carbocycles. The second-order valence-corrected chi connectivity index (χ2v) is 6.74. The predicted molar refractivity (Wildman–Crippen MR) is 120 cm³/mol. The van der Waals surface area contributed by atoms with E-state index in [1.807, 2.05) is 0 Å². The Morgan fingerprint density at radius 1 is 0.839 bits per heavy atom. The molecule has 0 heterocycles. The maximum Gasteiger partial charge on any atom is 0.272 e. The molecule has 2 N–H and O–H groups in total. The van der Waals surface area contributed by atoms with Crippen LogP contribution in [-0.2, 0) is 4.79 Å². The van der Waals surface area contributed by atoms with Crippen molar-refractivity contribution < 1.29 is 19.1 Å². The average molecular weight is 414 g/mol. The van der Waals surface area contributed by atoms with Gasteiger partial charge in [-0.2, -0.15) is 0 Å². The number of rotatable bonds is 7. The number of hydrogen-bond donors (Lipinski definition) is 2. The Balaban J connectivity index is 1.89. The van der Waals surface area contributed by atoms with Gasteiger partial charge in [-0.1, -0.05) is 42.5 Å². The lowest BCUT2D eigenvalue weighted by Gasteiger charge is -2.12. The first-order chi connectivity index (χ1) is 15.0. The van der Waals surface area contributed by atoms with Gasteiger partial charge in [0.05, 0.1) is 7.11 Å². The smallest absolute Gasteiger partial charge is 0.272 e. The van der Waals surface area contributed by atoms with Gasteiger partial charge in [-0.3, -0.25) is 14.4 Å². The molecule has 0 atom stereocenters. The van der Waals surface area contributed by atoms with Crippen LogP contribution in [-0.4, -0.2) is 24.7 Å². The summed E-state index contributed by atoms with van der Waals surface area (Å²) in [7, 11) is 1.57. The van der Waals surface area contributed by atoms with E-state index in [1.165, 1.54) is 6.92 Å². The van der Waals surface area contributed by atoms with Crippen LogP contribution in [0.4, 0.5) is 5.69 Å². The van der Waals surface area contributed by atoms with Crippen LogP contribution in [0.15, 0.2) is 84.6 Å².